The molecule has 3 N–H and O–H groups in total. The zero-order valence-corrected chi connectivity index (χ0v) is 13.6. The first-order chi connectivity index (χ1) is 11.1. The van der Waals surface area contributed by atoms with Gasteiger partial charge in [0.15, 0.2) is 5.11 Å². The molecule has 0 aliphatic heterocycles. The van der Waals surface area contributed by atoms with Crippen molar-refractivity contribution >= 4 is 28.9 Å². The van der Waals surface area contributed by atoms with E-state index in [4.69, 9.17) is 21.7 Å². The SMILES string of the molecule is COc1ccc(OC)c(C(=O)NNC(=S)Nc2ccccc2)c1. The number of carbonyl (C=O) groups excluding carboxylic acids is 1. The van der Waals surface area contributed by atoms with Crippen molar-refractivity contribution in [2.75, 3.05) is 19.5 Å². The van der Waals surface area contributed by atoms with Crippen LogP contribution in [0.4, 0.5) is 5.69 Å². The number of carbonyl (C=O) groups is 1. The van der Waals surface area contributed by atoms with Crippen molar-refractivity contribution in [1.82, 2.24) is 10.9 Å². The van der Waals surface area contributed by atoms with Gasteiger partial charge in [-0.05, 0) is 42.5 Å². The molecule has 0 saturated carbocycles. The van der Waals surface area contributed by atoms with Crippen LogP contribution in [0.1, 0.15) is 10.4 Å². The van der Waals surface area contributed by atoms with Gasteiger partial charge in [-0.1, -0.05) is 18.2 Å². The molecule has 0 atom stereocenters. The Balaban J connectivity index is 1.98. The highest BCUT2D eigenvalue weighted by atomic mass is 32.1. The summed E-state index contributed by atoms with van der Waals surface area (Å²) in [5.74, 6) is 0.603. The van der Waals surface area contributed by atoms with E-state index in [1.807, 2.05) is 30.3 Å². The highest BCUT2D eigenvalue weighted by Crippen LogP contribution is 2.23. The number of benzene rings is 2. The van der Waals surface area contributed by atoms with Crippen molar-refractivity contribution in [2.24, 2.45) is 0 Å². The summed E-state index contributed by atoms with van der Waals surface area (Å²) < 4.78 is 10.3. The molecule has 0 spiro atoms. The second kappa shape index (κ2) is 8.00. The maximum Gasteiger partial charge on any atom is 0.273 e. The Bertz CT molecular complexity index is 692. The molecular weight excluding hydrogens is 314 g/mol. The normalized spacial score (nSPS) is 9.65. The molecule has 6 nitrogen and oxygen atoms in total. The lowest BCUT2D eigenvalue weighted by Crippen LogP contribution is -2.43. The van der Waals surface area contributed by atoms with E-state index in [1.165, 1.54) is 14.2 Å². The number of nitrogens with one attached hydrogen (secondary N) is 3. The van der Waals surface area contributed by atoms with Gasteiger partial charge in [0.1, 0.15) is 11.5 Å². The fraction of sp³-hybridized carbons (Fsp3) is 0.125. The summed E-state index contributed by atoms with van der Waals surface area (Å²) in [5, 5.41) is 3.22. The van der Waals surface area contributed by atoms with Crippen molar-refractivity contribution in [3.05, 3.63) is 54.1 Å². The van der Waals surface area contributed by atoms with Crippen molar-refractivity contribution in [3.8, 4) is 11.5 Å². The molecule has 0 fully saturated rings. The molecule has 120 valence electrons. The Kier molecular flexibility index (Phi) is 5.76. The summed E-state index contributed by atoms with van der Waals surface area (Å²) in [4.78, 5) is 12.3. The van der Waals surface area contributed by atoms with Gasteiger partial charge in [0.2, 0.25) is 0 Å². The number of rotatable bonds is 4. The third kappa shape index (κ3) is 4.58. The molecule has 7 heteroatoms. The first-order valence-corrected chi connectivity index (χ1v) is 7.19. The summed E-state index contributed by atoms with van der Waals surface area (Å²) in [6, 6.07) is 14.3. The molecule has 2 rings (SSSR count). The van der Waals surface area contributed by atoms with Crippen LogP contribution in [0, 0.1) is 0 Å². The first-order valence-electron chi connectivity index (χ1n) is 6.78. The van der Waals surface area contributed by atoms with Gasteiger partial charge < -0.3 is 14.8 Å². The van der Waals surface area contributed by atoms with Crippen LogP contribution in [0.3, 0.4) is 0 Å². The Morgan fingerprint density at radius 1 is 1.00 bits per heavy atom. The van der Waals surface area contributed by atoms with Crippen LogP contribution >= 0.6 is 12.2 Å². The summed E-state index contributed by atoms with van der Waals surface area (Å²) in [6.45, 7) is 0. The van der Waals surface area contributed by atoms with Gasteiger partial charge in [-0.25, -0.2) is 0 Å². The standard InChI is InChI=1S/C16H17N3O3S/c1-21-12-8-9-14(22-2)13(10-12)15(20)18-19-16(23)17-11-6-4-3-5-7-11/h3-10H,1-2H3,(H,18,20)(H2,17,19,23). The molecule has 0 saturated heterocycles. The first kappa shape index (κ1) is 16.6. The summed E-state index contributed by atoms with van der Waals surface area (Å²) in [5.41, 5.74) is 6.31. The van der Waals surface area contributed by atoms with Crippen molar-refractivity contribution in [2.45, 2.75) is 0 Å². The van der Waals surface area contributed by atoms with Gasteiger partial charge in [-0.15, -0.1) is 0 Å². The molecule has 0 aliphatic carbocycles. The number of hydrogen-bond acceptors (Lipinski definition) is 4. The number of para-hydroxylation sites is 1. The zero-order chi connectivity index (χ0) is 16.7. The van der Waals surface area contributed by atoms with E-state index in [0.717, 1.165) is 5.69 Å². The lowest BCUT2D eigenvalue weighted by Gasteiger charge is -2.13. The number of ether oxygens (including phenoxy) is 2. The second-order valence-electron chi connectivity index (χ2n) is 4.47. The summed E-state index contributed by atoms with van der Waals surface area (Å²) >= 11 is 5.12. The molecule has 2 aromatic rings. The molecule has 0 aliphatic rings. The number of hydrazine groups is 1. The van der Waals surface area contributed by atoms with Crippen LogP contribution in [-0.2, 0) is 0 Å². The van der Waals surface area contributed by atoms with Gasteiger partial charge in [0.25, 0.3) is 5.91 Å². The minimum absolute atomic E-state index is 0.270. The van der Waals surface area contributed by atoms with Crippen LogP contribution < -0.4 is 25.6 Å². The zero-order valence-electron chi connectivity index (χ0n) is 12.8. The van der Waals surface area contributed by atoms with Crippen LogP contribution in [0.2, 0.25) is 0 Å². The Labute approximate surface area is 139 Å². The highest BCUT2D eigenvalue weighted by molar-refractivity contribution is 7.80. The minimum Gasteiger partial charge on any atom is -0.497 e. The smallest absolute Gasteiger partial charge is 0.273 e. The average Bonchev–Trinajstić information content (AvgIpc) is 2.60. The van der Waals surface area contributed by atoms with Gasteiger partial charge in [0.05, 0.1) is 19.8 Å². The van der Waals surface area contributed by atoms with Crippen molar-refractivity contribution in [3.63, 3.8) is 0 Å². The van der Waals surface area contributed by atoms with Crippen LogP contribution in [0.15, 0.2) is 48.5 Å². The van der Waals surface area contributed by atoms with E-state index in [2.05, 4.69) is 16.2 Å². The molecule has 0 bridgehead atoms. The minimum atomic E-state index is -0.391. The molecule has 1 amide bonds. The fourth-order valence-corrected chi connectivity index (χ4v) is 2.03. The van der Waals surface area contributed by atoms with Crippen LogP contribution in [0.5, 0.6) is 11.5 Å². The third-order valence-corrected chi connectivity index (χ3v) is 3.18. The van der Waals surface area contributed by atoms with Crippen molar-refractivity contribution in [1.29, 1.82) is 0 Å². The fourth-order valence-electron chi connectivity index (χ4n) is 1.86. The Hall–Kier alpha value is -2.80. The molecule has 0 radical (unpaired) electrons. The van der Waals surface area contributed by atoms with E-state index < -0.39 is 5.91 Å². The molecule has 0 heterocycles. The van der Waals surface area contributed by atoms with E-state index >= 15 is 0 Å². The molecule has 0 unspecified atom stereocenters. The molecular formula is C16H17N3O3S. The maximum atomic E-state index is 12.3. The van der Waals surface area contributed by atoms with Crippen LogP contribution in [0.25, 0.3) is 0 Å². The van der Waals surface area contributed by atoms with Crippen molar-refractivity contribution < 1.29 is 14.3 Å². The number of hydrogen-bond donors (Lipinski definition) is 3. The molecule has 2 aromatic carbocycles. The lowest BCUT2D eigenvalue weighted by molar-refractivity contribution is 0.0940. The number of thiocarbonyl (C=S) groups is 1. The van der Waals surface area contributed by atoms with E-state index in [0.29, 0.717) is 17.1 Å². The van der Waals surface area contributed by atoms with Gasteiger partial charge in [-0.3, -0.25) is 15.6 Å². The monoisotopic (exact) mass is 331 g/mol. The van der Waals surface area contributed by atoms with Crippen LogP contribution in [-0.4, -0.2) is 25.2 Å². The largest absolute Gasteiger partial charge is 0.497 e. The second-order valence-corrected chi connectivity index (χ2v) is 4.87. The number of methoxy groups -OCH3 is 2. The maximum absolute atomic E-state index is 12.3. The van der Waals surface area contributed by atoms with Gasteiger partial charge in [-0.2, -0.15) is 0 Å². The average molecular weight is 331 g/mol. The van der Waals surface area contributed by atoms with Gasteiger partial charge in [0, 0.05) is 5.69 Å². The third-order valence-electron chi connectivity index (χ3n) is 2.97. The Morgan fingerprint density at radius 3 is 2.39 bits per heavy atom. The molecule has 23 heavy (non-hydrogen) atoms. The molecule has 0 aromatic heterocycles. The quantitative estimate of drug-likeness (QED) is 0.590. The van der Waals surface area contributed by atoms with Gasteiger partial charge >= 0.3 is 0 Å². The Morgan fingerprint density at radius 2 is 1.74 bits per heavy atom. The predicted molar refractivity (Wildman–Crippen MR) is 92.8 cm³/mol. The number of amides is 1. The topological polar surface area (TPSA) is 71.6 Å². The summed E-state index contributed by atoms with van der Waals surface area (Å²) in [7, 11) is 3.02. The summed E-state index contributed by atoms with van der Waals surface area (Å²) in [6.07, 6.45) is 0. The highest BCUT2D eigenvalue weighted by Gasteiger charge is 2.13. The van der Waals surface area contributed by atoms with E-state index in [1.54, 1.807) is 18.2 Å². The lowest BCUT2D eigenvalue weighted by atomic mass is 10.2. The predicted octanol–water partition coefficient (Wildman–Crippen LogP) is 2.34. The van der Waals surface area contributed by atoms with E-state index in [9.17, 15) is 4.79 Å². The van der Waals surface area contributed by atoms with E-state index in [-0.39, 0.29) is 5.11 Å². The number of anilines is 1.